The van der Waals surface area contributed by atoms with E-state index in [4.69, 9.17) is 21.1 Å². The van der Waals surface area contributed by atoms with Crippen molar-refractivity contribution in [2.75, 3.05) is 5.32 Å². The number of benzene rings is 2. The Kier molecular flexibility index (Phi) is 5.58. The minimum absolute atomic E-state index is 0.0628. The van der Waals surface area contributed by atoms with Crippen LogP contribution in [0.5, 0.6) is 0 Å². The fraction of sp³-hybridized carbons (Fsp3) is 0. The molecule has 0 unspecified atom stereocenters. The predicted octanol–water partition coefficient (Wildman–Crippen LogP) is 4.84. The van der Waals surface area contributed by atoms with Crippen molar-refractivity contribution < 1.29 is 19.1 Å². The summed E-state index contributed by atoms with van der Waals surface area (Å²) in [6.45, 7) is 0. The Bertz CT molecular complexity index is 1110. The molecule has 1 amide bonds. The number of nitrogens with zero attached hydrogens (tertiary/aromatic N) is 1. The summed E-state index contributed by atoms with van der Waals surface area (Å²) >= 11 is 6.13. The number of anilines is 1. The van der Waals surface area contributed by atoms with Crippen LogP contribution in [0.25, 0.3) is 17.4 Å². The van der Waals surface area contributed by atoms with Crippen LogP contribution in [0.15, 0.2) is 70.7 Å². The van der Waals surface area contributed by atoms with Crippen LogP contribution in [0.4, 0.5) is 5.69 Å². The molecular formula is C21H13ClN2O4. The van der Waals surface area contributed by atoms with Gasteiger partial charge in [-0.3, -0.25) is 4.79 Å². The maximum absolute atomic E-state index is 12.3. The molecule has 0 saturated carbocycles. The van der Waals surface area contributed by atoms with E-state index in [1.165, 1.54) is 24.3 Å². The van der Waals surface area contributed by atoms with E-state index in [0.717, 1.165) is 0 Å². The lowest BCUT2D eigenvalue weighted by molar-refractivity contribution is -0.112. The SMILES string of the molecule is N#C/C(=C/c1ccc(-c2cc(C(=O)O)ccc2Cl)o1)C(=O)Nc1ccccc1. The standard InChI is InChI=1S/C21H13ClN2O4/c22-18-8-6-13(21(26)27)11-17(18)19-9-7-16(28-19)10-14(12-23)20(25)24-15-4-2-1-3-5-15/h1-11H,(H,24,25)(H,26,27)/b14-10-. The van der Waals surface area contributed by atoms with Crippen LogP contribution in [-0.2, 0) is 4.79 Å². The van der Waals surface area contributed by atoms with Gasteiger partial charge in [-0.2, -0.15) is 5.26 Å². The van der Waals surface area contributed by atoms with Gasteiger partial charge >= 0.3 is 5.97 Å². The van der Waals surface area contributed by atoms with Crippen molar-refractivity contribution >= 4 is 35.2 Å². The zero-order valence-electron chi connectivity index (χ0n) is 14.3. The number of carbonyl (C=O) groups excluding carboxylic acids is 1. The molecule has 28 heavy (non-hydrogen) atoms. The van der Waals surface area contributed by atoms with E-state index in [2.05, 4.69) is 5.32 Å². The molecule has 0 atom stereocenters. The highest BCUT2D eigenvalue weighted by atomic mass is 35.5. The molecule has 0 spiro atoms. The molecule has 0 bridgehead atoms. The Morgan fingerprint density at radius 2 is 1.86 bits per heavy atom. The zero-order valence-corrected chi connectivity index (χ0v) is 15.1. The first-order valence-corrected chi connectivity index (χ1v) is 8.47. The van der Waals surface area contributed by atoms with Crippen molar-refractivity contribution in [1.82, 2.24) is 0 Å². The number of carbonyl (C=O) groups is 2. The maximum atomic E-state index is 12.3. The highest BCUT2D eigenvalue weighted by Crippen LogP contribution is 2.31. The molecule has 6 nitrogen and oxygen atoms in total. The smallest absolute Gasteiger partial charge is 0.335 e. The second-order valence-electron chi connectivity index (χ2n) is 5.69. The first kappa shape index (κ1) is 19.0. The Labute approximate surface area is 165 Å². The Hall–Kier alpha value is -3.82. The quantitative estimate of drug-likeness (QED) is 0.477. The minimum atomic E-state index is -1.09. The van der Waals surface area contributed by atoms with E-state index >= 15 is 0 Å². The van der Waals surface area contributed by atoms with E-state index in [0.29, 0.717) is 22.0 Å². The van der Waals surface area contributed by atoms with Gasteiger partial charge in [-0.25, -0.2) is 4.79 Å². The van der Waals surface area contributed by atoms with Crippen molar-refractivity contribution in [3.05, 3.63) is 82.6 Å². The van der Waals surface area contributed by atoms with Crippen molar-refractivity contribution in [2.45, 2.75) is 0 Å². The maximum Gasteiger partial charge on any atom is 0.335 e. The molecular weight excluding hydrogens is 380 g/mol. The van der Waals surface area contributed by atoms with Crippen LogP contribution in [0.3, 0.4) is 0 Å². The lowest BCUT2D eigenvalue weighted by atomic mass is 10.1. The fourth-order valence-corrected chi connectivity index (χ4v) is 2.64. The number of carboxylic acids is 1. The van der Waals surface area contributed by atoms with Gasteiger partial charge in [0.15, 0.2) is 0 Å². The first-order chi connectivity index (χ1) is 13.5. The minimum Gasteiger partial charge on any atom is -0.478 e. The predicted molar refractivity (Wildman–Crippen MR) is 105 cm³/mol. The number of rotatable bonds is 5. The van der Waals surface area contributed by atoms with Gasteiger partial charge in [0.1, 0.15) is 23.2 Å². The second-order valence-corrected chi connectivity index (χ2v) is 6.10. The molecule has 3 rings (SSSR count). The molecule has 2 aromatic carbocycles. The number of nitriles is 1. The summed E-state index contributed by atoms with van der Waals surface area (Å²) in [4.78, 5) is 23.4. The third-order valence-electron chi connectivity index (χ3n) is 3.79. The summed E-state index contributed by atoms with van der Waals surface area (Å²) in [6, 6.07) is 18.0. The van der Waals surface area contributed by atoms with Crippen LogP contribution in [0.2, 0.25) is 5.02 Å². The topological polar surface area (TPSA) is 103 Å². The lowest BCUT2D eigenvalue weighted by Crippen LogP contribution is -2.13. The molecule has 0 fully saturated rings. The molecule has 7 heteroatoms. The lowest BCUT2D eigenvalue weighted by Gasteiger charge is -2.03. The fourth-order valence-electron chi connectivity index (χ4n) is 2.43. The van der Waals surface area contributed by atoms with Crippen LogP contribution >= 0.6 is 11.6 Å². The van der Waals surface area contributed by atoms with Crippen LogP contribution in [0.1, 0.15) is 16.1 Å². The monoisotopic (exact) mass is 392 g/mol. The number of carboxylic acid groups (broad SMARTS) is 1. The number of halogens is 1. The van der Waals surface area contributed by atoms with Crippen molar-refractivity contribution in [2.24, 2.45) is 0 Å². The van der Waals surface area contributed by atoms with Crippen molar-refractivity contribution in [1.29, 1.82) is 5.26 Å². The number of furan rings is 1. The second kappa shape index (κ2) is 8.25. The largest absolute Gasteiger partial charge is 0.478 e. The van der Waals surface area contributed by atoms with E-state index in [9.17, 15) is 14.9 Å². The van der Waals surface area contributed by atoms with Crippen molar-refractivity contribution in [3.8, 4) is 17.4 Å². The summed E-state index contributed by atoms with van der Waals surface area (Å²) < 4.78 is 5.63. The summed E-state index contributed by atoms with van der Waals surface area (Å²) in [5.41, 5.74) is 0.877. The first-order valence-electron chi connectivity index (χ1n) is 8.09. The van der Waals surface area contributed by atoms with Crippen LogP contribution in [0, 0.1) is 11.3 Å². The third kappa shape index (κ3) is 4.29. The van der Waals surface area contributed by atoms with Crippen LogP contribution < -0.4 is 5.32 Å². The normalized spacial score (nSPS) is 10.9. The van der Waals surface area contributed by atoms with Crippen LogP contribution in [-0.4, -0.2) is 17.0 Å². The highest BCUT2D eigenvalue weighted by Gasteiger charge is 2.14. The van der Waals surface area contributed by atoms with Gasteiger partial charge < -0.3 is 14.8 Å². The average Bonchev–Trinajstić information content (AvgIpc) is 3.15. The molecule has 138 valence electrons. The molecule has 0 aliphatic carbocycles. The number of hydrogen-bond donors (Lipinski definition) is 2. The van der Waals surface area contributed by atoms with E-state index in [1.807, 2.05) is 12.1 Å². The number of hydrogen-bond acceptors (Lipinski definition) is 4. The van der Waals surface area contributed by atoms with Gasteiger partial charge in [-0.05, 0) is 42.5 Å². The molecule has 0 aliphatic rings. The highest BCUT2D eigenvalue weighted by molar-refractivity contribution is 6.33. The van der Waals surface area contributed by atoms with Gasteiger partial charge in [0.05, 0.1) is 10.6 Å². The average molecular weight is 393 g/mol. The van der Waals surface area contributed by atoms with E-state index in [1.54, 1.807) is 36.4 Å². The molecule has 1 aromatic heterocycles. The summed E-state index contributed by atoms with van der Waals surface area (Å²) in [5, 5.41) is 21.4. The summed E-state index contributed by atoms with van der Waals surface area (Å²) in [5.74, 6) is -1.09. The molecule has 0 radical (unpaired) electrons. The summed E-state index contributed by atoms with van der Waals surface area (Å²) in [6.07, 6.45) is 1.30. The van der Waals surface area contributed by atoms with E-state index < -0.39 is 11.9 Å². The molecule has 1 heterocycles. The Morgan fingerprint density at radius 3 is 2.54 bits per heavy atom. The molecule has 2 N–H and O–H groups in total. The van der Waals surface area contributed by atoms with Gasteiger partial charge in [0, 0.05) is 17.3 Å². The number of aromatic carboxylic acids is 1. The van der Waals surface area contributed by atoms with Gasteiger partial charge in [0.25, 0.3) is 5.91 Å². The Morgan fingerprint density at radius 1 is 1.11 bits per heavy atom. The van der Waals surface area contributed by atoms with Gasteiger partial charge in [-0.1, -0.05) is 29.8 Å². The Balaban J connectivity index is 1.87. The van der Waals surface area contributed by atoms with E-state index in [-0.39, 0.29) is 16.9 Å². The number of para-hydroxylation sites is 1. The van der Waals surface area contributed by atoms with Gasteiger partial charge in [-0.15, -0.1) is 0 Å². The molecule has 0 aliphatic heterocycles. The summed E-state index contributed by atoms with van der Waals surface area (Å²) in [7, 11) is 0. The third-order valence-corrected chi connectivity index (χ3v) is 4.12. The van der Waals surface area contributed by atoms with Crippen molar-refractivity contribution in [3.63, 3.8) is 0 Å². The molecule has 3 aromatic rings. The van der Waals surface area contributed by atoms with Gasteiger partial charge in [0.2, 0.25) is 0 Å². The number of amides is 1. The number of nitrogens with one attached hydrogen (secondary N) is 1. The zero-order chi connectivity index (χ0) is 20.1. The molecule has 0 saturated heterocycles.